The van der Waals surface area contributed by atoms with E-state index in [1.807, 2.05) is 37.3 Å². The summed E-state index contributed by atoms with van der Waals surface area (Å²) in [5.41, 5.74) is 2.69. The minimum Gasteiger partial charge on any atom is -0.341 e. The van der Waals surface area contributed by atoms with Crippen LogP contribution in [-0.2, 0) is 0 Å². The van der Waals surface area contributed by atoms with E-state index in [0.717, 1.165) is 30.3 Å². The fraction of sp³-hybridized carbons (Fsp3) is 0.250. The fourth-order valence-electron chi connectivity index (χ4n) is 3.12. The number of para-hydroxylation sites is 1. The van der Waals surface area contributed by atoms with Crippen molar-refractivity contribution >= 4 is 17.8 Å². The first-order valence-corrected chi connectivity index (χ1v) is 8.99. The summed E-state index contributed by atoms with van der Waals surface area (Å²) < 4.78 is 1.66. The lowest BCUT2D eigenvalue weighted by molar-refractivity contribution is 0.104. The molecule has 27 heavy (non-hydrogen) atoms. The van der Waals surface area contributed by atoms with Gasteiger partial charge in [0.2, 0.25) is 11.7 Å². The SMILES string of the molecule is Cc1c(C(=O)/C=C\c2cnc(N3CCCC3)nc2)nnn1-c1ccccc1. The number of anilines is 1. The largest absolute Gasteiger partial charge is 0.341 e. The van der Waals surface area contributed by atoms with Crippen LogP contribution in [-0.4, -0.2) is 43.8 Å². The van der Waals surface area contributed by atoms with Crippen LogP contribution in [0, 0.1) is 6.92 Å². The predicted octanol–water partition coefficient (Wildman–Crippen LogP) is 2.86. The molecule has 0 atom stereocenters. The minimum atomic E-state index is -0.196. The molecular weight excluding hydrogens is 340 g/mol. The van der Waals surface area contributed by atoms with Crippen LogP contribution in [0.1, 0.15) is 34.6 Å². The highest BCUT2D eigenvalue weighted by Crippen LogP contribution is 2.16. The number of hydrogen-bond donors (Lipinski definition) is 0. The lowest BCUT2D eigenvalue weighted by Crippen LogP contribution is -2.20. The van der Waals surface area contributed by atoms with Gasteiger partial charge in [-0.2, -0.15) is 0 Å². The number of rotatable bonds is 5. The van der Waals surface area contributed by atoms with Gasteiger partial charge < -0.3 is 4.90 Å². The molecule has 4 rings (SSSR count). The summed E-state index contributed by atoms with van der Waals surface area (Å²) in [5.74, 6) is 0.552. The zero-order valence-electron chi connectivity index (χ0n) is 15.1. The van der Waals surface area contributed by atoms with Crippen molar-refractivity contribution in [2.45, 2.75) is 19.8 Å². The molecule has 0 N–H and O–H groups in total. The van der Waals surface area contributed by atoms with Gasteiger partial charge in [0.05, 0.1) is 11.4 Å². The molecule has 1 aliphatic heterocycles. The Hall–Kier alpha value is -3.35. The molecule has 3 heterocycles. The second kappa shape index (κ2) is 7.49. The van der Waals surface area contributed by atoms with Crippen LogP contribution in [0.3, 0.4) is 0 Å². The van der Waals surface area contributed by atoms with Crippen molar-refractivity contribution in [1.82, 2.24) is 25.0 Å². The highest BCUT2D eigenvalue weighted by atomic mass is 16.1. The highest BCUT2D eigenvalue weighted by Gasteiger charge is 2.16. The van der Waals surface area contributed by atoms with Gasteiger partial charge in [-0.3, -0.25) is 4.79 Å². The van der Waals surface area contributed by atoms with Crippen molar-refractivity contribution in [2.75, 3.05) is 18.0 Å². The van der Waals surface area contributed by atoms with E-state index < -0.39 is 0 Å². The predicted molar refractivity (Wildman–Crippen MR) is 103 cm³/mol. The van der Waals surface area contributed by atoms with Crippen LogP contribution < -0.4 is 4.90 Å². The van der Waals surface area contributed by atoms with Crippen LogP contribution in [0.5, 0.6) is 0 Å². The molecule has 1 fully saturated rings. The van der Waals surface area contributed by atoms with E-state index in [9.17, 15) is 4.79 Å². The zero-order valence-corrected chi connectivity index (χ0v) is 15.1. The quantitative estimate of drug-likeness (QED) is 0.514. The Morgan fingerprint density at radius 2 is 1.78 bits per heavy atom. The standard InChI is InChI=1S/C20H20N6O/c1-15-19(23-24-26(15)17-7-3-2-4-8-17)18(27)10-9-16-13-21-20(22-14-16)25-11-5-6-12-25/h2-4,7-10,13-14H,5-6,11-12H2,1H3/b10-9-. The second-order valence-corrected chi connectivity index (χ2v) is 6.48. The van der Waals surface area contributed by atoms with Gasteiger partial charge in [0.25, 0.3) is 0 Å². The fourth-order valence-corrected chi connectivity index (χ4v) is 3.12. The molecule has 0 radical (unpaired) electrons. The van der Waals surface area contributed by atoms with Crippen molar-refractivity contribution in [3.8, 4) is 5.69 Å². The lowest BCUT2D eigenvalue weighted by atomic mass is 10.2. The maximum atomic E-state index is 12.5. The minimum absolute atomic E-state index is 0.196. The molecule has 0 aliphatic carbocycles. The number of nitrogens with zero attached hydrogens (tertiary/aromatic N) is 6. The molecule has 0 saturated carbocycles. The Morgan fingerprint density at radius 1 is 1.07 bits per heavy atom. The second-order valence-electron chi connectivity index (χ2n) is 6.48. The highest BCUT2D eigenvalue weighted by molar-refractivity contribution is 6.06. The third-order valence-corrected chi connectivity index (χ3v) is 4.60. The van der Waals surface area contributed by atoms with Gasteiger partial charge in [-0.25, -0.2) is 14.6 Å². The first kappa shape index (κ1) is 17.1. The maximum Gasteiger partial charge on any atom is 0.225 e. The van der Waals surface area contributed by atoms with Crippen LogP contribution in [0.4, 0.5) is 5.95 Å². The summed E-state index contributed by atoms with van der Waals surface area (Å²) in [7, 11) is 0. The normalized spacial score (nSPS) is 14.2. The maximum absolute atomic E-state index is 12.5. The monoisotopic (exact) mass is 360 g/mol. The number of hydrogen-bond acceptors (Lipinski definition) is 6. The van der Waals surface area contributed by atoms with Crippen molar-refractivity contribution in [2.24, 2.45) is 0 Å². The first-order chi connectivity index (χ1) is 13.2. The van der Waals surface area contributed by atoms with Crippen molar-refractivity contribution < 1.29 is 4.79 Å². The number of carbonyl (C=O) groups is 1. The first-order valence-electron chi connectivity index (χ1n) is 8.99. The lowest BCUT2D eigenvalue weighted by Gasteiger charge is -2.14. The Balaban J connectivity index is 1.48. The molecule has 1 saturated heterocycles. The van der Waals surface area contributed by atoms with E-state index in [1.54, 1.807) is 23.2 Å². The topological polar surface area (TPSA) is 76.8 Å². The molecule has 1 aromatic carbocycles. The van der Waals surface area contributed by atoms with Gasteiger partial charge in [-0.15, -0.1) is 5.10 Å². The summed E-state index contributed by atoms with van der Waals surface area (Å²) in [6.07, 6.45) is 9.03. The van der Waals surface area contributed by atoms with E-state index in [1.165, 1.54) is 18.9 Å². The molecule has 7 nitrogen and oxygen atoms in total. The summed E-state index contributed by atoms with van der Waals surface area (Å²) in [6.45, 7) is 3.84. The van der Waals surface area contributed by atoms with E-state index in [-0.39, 0.29) is 5.78 Å². The number of carbonyl (C=O) groups excluding carboxylic acids is 1. The summed E-state index contributed by atoms with van der Waals surface area (Å²) >= 11 is 0. The van der Waals surface area contributed by atoms with Crippen LogP contribution in [0.15, 0.2) is 48.8 Å². The zero-order chi connectivity index (χ0) is 18.6. The average molecular weight is 360 g/mol. The molecule has 0 amide bonds. The van der Waals surface area contributed by atoms with E-state index in [2.05, 4.69) is 25.2 Å². The molecule has 2 aromatic heterocycles. The summed E-state index contributed by atoms with van der Waals surface area (Å²) in [6, 6.07) is 9.62. The van der Waals surface area contributed by atoms with Gasteiger partial charge in [-0.1, -0.05) is 23.4 Å². The van der Waals surface area contributed by atoms with Gasteiger partial charge in [-0.05, 0) is 44.1 Å². The Bertz CT molecular complexity index is 956. The molecule has 1 aliphatic rings. The molecule has 0 spiro atoms. The molecule has 0 unspecified atom stereocenters. The third kappa shape index (κ3) is 3.62. The van der Waals surface area contributed by atoms with Gasteiger partial charge in [0, 0.05) is 31.0 Å². The van der Waals surface area contributed by atoms with Gasteiger partial charge in [0.15, 0.2) is 5.69 Å². The molecule has 3 aromatic rings. The van der Waals surface area contributed by atoms with E-state index in [4.69, 9.17) is 0 Å². The van der Waals surface area contributed by atoms with Crippen molar-refractivity contribution in [3.05, 3.63) is 65.8 Å². The van der Waals surface area contributed by atoms with E-state index >= 15 is 0 Å². The Kier molecular flexibility index (Phi) is 4.74. The third-order valence-electron chi connectivity index (χ3n) is 4.60. The average Bonchev–Trinajstić information content (AvgIpc) is 3.37. The van der Waals surface area contributed by atoms with Crippen LogP contribution >= 0.6 is 0 Å². The summed E-state index contributed by atoms with van der Waals surface area (Å²) in [4.78, 5) is 23.5. The molecule has 0 bridgehead atoms. The van der Waals surface area contributed by atoms with Crippen molar-refractivity contribution in [1.29, 1.82) is 0 Å². The molecule has 7 heteroatoms. The number of allylic oxidation sites excluding steroid dienone is 1. The smallest absolute Gasteiger partial charge is 0.225 e. The number of ketones is 1. The van der Waals surface area contributed by atoms with E-state index in [0.29, 0.717) is 11.4 Å². The molecule has 136 valence electrons. The van der Waals surface area contributed by atoms with Crippen LogP contribution in [0.2, 0.25) is 0 Å². The van der Waals surface area contributed by atoms with Gasteiger partial charge >= 0.3 is 0 Å². The number of benzene rings is 1. The molecular formula is C20H20N6O. The Labute approximate surface area is 157 Å². The number of aromatic nitrogens is 5. The van der Waals surface area contributed by atoms with Crippen molar-refractivity contribution in [3.63, 3.8) is 0 Å². The van der Waals surface area contributed by atoms with Gasteiger partial charge in [0.1, 0.15) is 0 Å². The van der Waals surface area contributed by atoms with Crippen LogP contribution in [0.25, 0.3) is 11.8 Å². The summed E-state index contributed by atoms with van der Waals surface area (Å²) in [5, 5.41) is 8.14. The Morgan fingerprint density at radius 3 is 2.48 bits per heavy atom.